The Balaban J connectivity index is 1.17. The van der Waals surface area contributed by atoms with Gasteiger partial charge in [-0.2, -0.15) is 0 Å². The zero-order valence-corrected chi connectivity index (χ0v) is 19.2. The van der Waals surface area contributed by atoms with Gasteiger partial charge < -0.3 is 10.2 Å². The van der Waals surface area contributed by atoms with Crippen LogP contribution in [-0.4, -0.2) is 69.2 Å². The van der Waals surface area contributed by atoms with Gasteiger partial charge in [0.25, 0.3) is 0 Å². The number of hydrogen-bond donors (Lipinski definition) is 1. The molecule has 2 aromatic carbocycles. The minimum absolute atomic E-state index is 0.0256. The molecule has 7 nitrogen and oxygen atoms in total. The molecule has 1 aliphatic heterocycles. The van der Waals surface area contributed by atoms with Gasteiger partial charge >= 0.3 is 0 Å². The summed E-state index contributed by atoms with van der Waals surface area (Å²) in [6.07, 6.45) is -0.120. The Labute approximate surface area is 190 Å². The summed E-state index contributed by atoms with van der Waals surface area (Å²) in [5, 5.41) is 3.84. The summed E-state index contributed by atoms with van der Waals surface area (Å²) in [6.45, 7) is 4.70. The van der Waals surface area contributed by atoms with Crippen LogP contribution in [0.3, 0.4) is 0 Å². The van der Waals surface area contributed by atoms with Crippen LogP contribution in [0.25, 0.3) is 10.2 Å². The molecular formula is C22H25FN4O3S2. The summed E-state index contributed by atoms with van der Waals surface area (Å²) in [6, 6.07) is 12.8. The number of para-hydroxylation sites is 1. The molecule has 0 aliphatic carbocycles. The normalized spacial score (nSPS) is 15.2. The summed E-state index contributed by atoms with van der Waals surface area (Å²) in [5.41, 5.74) is 1.03. The molecule has 32 heavy (non-hydrogen) atoms. The zero-order chi connectivity index (χ0) is 22.6. The number of amides is 1. The zero-order valence-electron chi connectivity index (χ0n) is 17.5. The lowest BCUT2D eigenvalue weighted by Gasteiger charge is -2.34. The number of sulfone groups is 1. The van der Waals surface area contributed by atoms with Crippen LogP contribution < -0.4 is 10.2 Å². The van der Waals surface area contributed by atoms with Gasteiger partial charge in [0.1, 0.15) is 5.82 Å². The van der Waals surface area contributed by atoms with Gasteiger partial charge in [-0.25, -0.2) is 17.8 Å². The second-order valence-corrected chi connectivity index (χ2v) is 10.8. The first kappa shape index (κ1) is 22.6. The van der Waals surface area contributed by atoms with E-state index in [9.17, 15) is 17.6 Å². The van der Waals surface area contributed by atoms with Crippen LogP contribution in [0.15, 0.2) is 53.4 Å². The maximum absolute atomic E-state index is 13.0. The van der Waals surface area contributed by atoms with E-state index in [4.69, 9.17) is 4.98 Å². The predicted molar refractivity (Wildman–Crippen MR) is 124 cm³/mol. The van der Waals surface area contributed by atoms with E-state index in [0.29, 0.717) is 13.1 Å². The van der Waals surface area contributed by atoms with Crippen molar-refractivity contribution in [1.82, 2.24) is 15.2 Å². The number of halogens is 1. The van der Waals surface area contributed by atoms with Crippen molar-refractivity contribution in [3.8, 4) is 0 Å². The third-order valence-corrected chi connectivity index (χ3v) is 8.28. The third-order valence-electron chi connectivity index (χ3n) is 5.45. The Morgan fingerprint density at radius 1 is 1.06 bits per heavy atom. The Kier molecular flexibility index (Phi) is 7.02. The van der Waals surface area contributed by atoms with Crippen LogP contribution >= 0.6 is 11.3 Å². The first-order valence-electron chi connectivity index (χ1n) is 10.5. The molecule has 0 spiro atoms. The van der Waals surface area contributed by atoms with Gasteiger partial charge in [0.2, 0.25) is 5.91 Å². The number of piperazine rings is 1. The number of benzene rings is 2. The van der Waals surface area contributed by atoms with Gasteiger partial charge in [0.05, 0.1) is 20.9 Å². The molecule has 0 unspecified atom stereocenters. The lowest BCUT2D eigenvalue weighted by molar-refractivity contribution is -0.120. The molecule has 0 bridgehead atoms. The van der Waals surface area contributed by atoms with Crippen LogP contribution in [-0.2, 0) is 14.6 Å². The summed E-state index contributed by atoms with van der Waals surface area (Å²) in [4.78, 5) is 21.4. The SMILES string of the molecule is O=C(CCS(=O)(=O)c1ccc(F)cc1)NCCN1CCN(c2nc3ccccc3s2)CC1. The van der Waals surface area contributed by atoms with Crippen LogP contribution in [0.1, 0.15) is 6.42 Å². The largest absolute Gasteiger partial charge is 0.355 e. The van der Waals surface area contributed by atoms with E-state index in [1.807, 2.05) is 18.2 Å². The third kappa shape index (κ3) is 5.62. The molecule has 0 radical (unpaired) electrons. The number of carbonyl (C=O) groups excluding carboxylic acids is 1. The number of carbonyl (C=O) groups is 1. The number of aromatic nitrogens is 1. The highest BCUT2D eigenvalue weighted by Crippen LogP contribution is 2.29. The fraction of sp³-hybridized carbons (Fsp3) is 0.364. The lowest BCUT2D eigenvalue weighted by Crippen LogP contribution is -2.48. The van der Waals surface area contributed by atoms with E-state index in [1.54, 1.807) is 11.3 Å². The highest BCUT2D eigenvalue weighted by atomic mass is 32.2. The monoisotopic (exact) mass is 476 g/mol. The van der Waals surface area contributed by atoms with Crippen molar-refractivity contribution in [1.29, 1.82) is 0 Å². The van der Waals surface area contributed by atoms with Crippen LogP contribution in [0.2, 0.25) is 0 Å². The number of nitrogens with one attached hydrogen (secondary N) is 1. The number of hydrogen-bond acceptors (Lipinski definition) is 7. The van der Waals surface area contributed by atoms with Crippen molar-refractivity contribution < 1.29 is 17.6 Å². The molecule has 4 rings (SSSR count). The average Bonchev–Trinajstić information content (AvgIpc) is 3.23. The topological polar surface area (TPSA) is 82.6 Å². The van der Waals surface area contributed by atoms with Gasteiger partial charge in [0, 0.05) is 45.7 Å². The molecule has 1 aliphatic rings. The molecule has 0 atom stereocenters. The molecular weight excluding hydrogens is 451 g/mol. The first-order chi connectivity index (χ1) is 15.4. The smallest absolute Gasteiger partial charge is 0.221 e. The van der Waals surface area contributed by atoms with Gasteiger partial charge in [-0.3, -0.25) is 9.69 Å². The van der Waals surface area contributed by atoms with E-state index in [2.05, 4.69) is 21.2 Å². The summed E-state index contributed by atoms with van der Waals surface area (Å²) >= 11 is 1.70. The fourth-order valence-electron chi connectivity index (χ4n) is 3.59. The van der Waals surface area contributed by atoms with Crippen LogP contribution in [0.5, 0.6) is 0 Å². The molecule has 3 aromatic rings. The summed E-state index contributed by atoms with van der Waals surface area (Å²) in [7, 11) is -3.61. The van der Waals surface area contributed by atoms with Crippen molar-refractivity contribution >= 4 is 42.4 Å². The molecule has 0 saturated carbocycles. The highest BCUT2D eigenvalue weighted by Gasteiger charge is 2.20. The van der Waals surface area contributed by atoms with E-state index in [-0.39, 0.29) is 23.0 Å². The summed E-state index contributed by atoms with van der Waals surface area (Å²) in [5.74, 6) is -1.10. The second kappa shape index (κ2) is 9.93. The molecule has 2 heterocycles. The average molecular weight is 477 g/mol. The molecule has 1 saturated heterocycles. The molecule has 1 amide bonds. The van der Waals surface area contributed by atoms with E-state index in [0.717, 1.165) is 49.0 Å². The highest BCUT2D eigenvalue weighted by molar-refractivity contribution is 7.91. The Bertz CT molecular complexity index is 1140. The van der Waals surface area contributed by atoms with E-state index < -0.39 is 15.7 Å². The molecule has 1 aromatic heterocycles. The number of anilines is 1. The van der Waals surface area contributed by atoms with E-state index >= 15 is 0 Å². The Morgan fingerprint density at radius 3 is 2.50 bits per heavy atom. The van der Waals surface area contributed by atoms with Crippen LogP contribution in [0, 0.1) is 5.82 Å². The standard InChI is InChI=1S/C22H25FN4O3S2/c23-17-5-7-18(8-6-17)32(29,30)16-9-21(28)24-10-11-26-12-14-27(15-13-26)22-25-19-3-1-2-4-20(19)31-22/h1-8H,9-16H2,(H,24,28). The molecule has 1 N–H and O–H groups in total. The molecule has 170 valence electrons. The predicted octanol–water partition coefficient (Wildman–Crippen LogP) is 2.54. The Hall–Kier alpha value is -2.56. The lowest BCUT2D eigenvalue weighted by atomic mass is 10.3. The first-order valence-corrected chi connectivity index (χ1v) is 13.0. The maximum atomic E-state index is 13.0. The van der Waals surface area contributed by atoms with Crippen molar-refractivity contribution in [3.05, 3.63) is 54.3 Å². The minimum Gasteiger partial charge on any atom is -0.355 e. The quantitative estimate of drug-likeness (QED) is 0.503. The van der Waals surface area contributed by atoms with E-state index in [1.165, 1.54) is 16.8 Å². The van der Waals surface area contributed by atoms with Gasteiger partial charge in [-0.15, -0.1) is 0 Å². The summed E-state index contributed by atoms with van der Waals surface area (Å²) < 4.78 is 38.7. The molecule has 10 heteroatoms. The minimum atomic E-state index is -3.61. The maximum Gasteiger partial charge on any atom is 0.221 e. The molecule has 1 fully saturated rings. The van der Waals surface area contributed by atoms with Crippen molar-refractivity contribution in [2.45, 2.75) is 11.3 Å². The fourth-order valence-corrected chi connectivity index (χ4v) is 5.84. The van der Waals surface area contributed by atoms with Crippen molar-refractivity contribution in [3.63, 3.8) is 0 Å². The number of nitrogens with zero attached hydrogens (tertiary/aromatic N) is 3. The van der Waals surface area contributed by atoms with Crippen molar-refractivity contribution in [2.24, 2.45) is 0 Å². The number of rotatable bonds is 8. The van der Waals surface area contributed by atoms with Gasteiger partial charge in [-0.1, -0.05) is 23.5 Å². The van der Waals surface area contributed by atoms with Gasteiger partial charge in [-0.05, 0) is 36.4 Å². The number of fused-ring (bicyclic) bond motifs is 1. The van der Waals surface area contributed by atoms with Crippen molar-refractivity contribution in [2.75, 3.05) is 49.9 Å². The second-order valence-electron chi connectivity index (χ2n) is 7.67. The number of thiazole rings is 1. The van der Waals surface area contributed by atoms with Crippen LogP contribution in [0.4, 0.5) is 9.52 Å². The Morgan fingerprint density at radius 2 is 1.78 bits per heavy atom. The van der Waals surface area contributed by atoms with Gasteiger partial charge in [0.15, 0.2) is 15.0 Å².